The average Bonchev–Trinajstić information content (AvgIpc) is 2.64. The predicted octanol–water partition coefficient (Wildman–Crippen LogP) is 0.317. The lowest BCUT2D eigenvalue weighted by molar-refractivity contribution is 0.321. The number of rotatable bonds is 2. The highest BCUT2D eigenvalue weighted by Crippen LogP contribution is 2.17. The van der Waals surface area contributed by atoms with Crippen molar-refractivity contribution < 1.29 is 0 Å². The van der Waals surface area contributed by atoms with Crippen molar-refractivity contribution in [1.82, 2.24) is 14.5 Å². The molecule has 13 heavy (non-hydrogen) atoms. The molecule has 2 N–H and O–H groups in total. The lowest BCUT2D eigenvalue weighted by Crippen LogP contribution is -2.28. The molecule has 2 atom stereocenters. The Labute approximate surface area is 81.9 Å². The SMILES string of the molecule is CC1CN(Cc2cnns2)CC1N. The summed E-state index contributed by atoms with van der Waals surface area (Å²) in [6.45, 7) is 5.25. The molecule has 5 heteroatoms. The second-order valence-electron chi connectivity index (χ2n) is 3.72. The normalized spacial score (nSPS) is 29.7. The van der Waals surface area contributed by atoms with Crippen LogP contribution >= 0.6 is 11.5 Å². The van der Waals surface area contributed by atoms with Crippen LogP contribution in [0.2, 0.25) is 0 Å². The van der Waals surface area contributed by atoms with E-state index in [1.54, 1.807) is 0 Å². The van der Waals surface area contributed by atoms with Crippen LogP contribution in [0.5, 0.6) is 0 Å². The van der Waals surface area contributed by atoms with Gasteiger partial charge in [-0.1, -0.05) is 11.4 Å². The van der Waals surface area contributed by atoms with Gasteiger partial charge >= 0.3 is 0 Å². The Balaban J connectivity index is 1.91. The highest BCUT2D eigenvalue weighted by Gasteiger charge is 2.26. The van der Waals surface area contributed by atoms with Crippen LogP contribution in [0.1, 0.15) is 11.8 Å². The molecule has 0 spiro atoms. The first-order chi connectivity index (χ1) is 6.25. The summed E-state index contributed by atoms with van der Waals surface area (Å²) in [6, 6.07) is 0.334. The molecule has 2 rings (SSSR count). The number of likely N-dealkylation sites (tertiary alicyclic amines) is 1. The fourth-order valence-electron chi connectivity index (χ4n) is 1.70. The maximum absolute atomic E-state index is 5.93. The third kappa shape index (κ3) is 2.04. The molecule has 2 unspecified atom stereocenters. The molecule has 1 aliphatic rings. The summed E-state index contributed by atoms with van der Waals surface area (Å²) >= 11 is 1.47. The van der Waals surface area contributed by atoms with Crippen molar-refractivity contribution in [3.8, 4) is 0 Å². The molecule has 1 aromatic rings. The first-order valence-electron chi connectivity index (χ1n) is 4.50. The number of hydrogen-bond acceptors (Lipinski definition) is 5. The zero-order valence-electron chi connectivity index (χ0n) is 7.68. The highest BCUT2D eigenvalue weighted by molar-refractivity contribution is 7.05. The van der Waals surface area contributed by atoms with Gasteiger partial charge in [-0.05, 0) is 17.5 Å². The molecule has 1 fully saturated rings. The molecular weight excluding hydrogens is 184 g/mol. The zero-order valence-corrected chi connectivity index (χ0v) is 8.50. The molecule has 2 heterocycles. The number of aromatic nitrogens is 2. The Morgan fingerprint density at radius 1 is 1.69 bits per heavy atom. The quantitative estimate of drug-likeness (QED) is 0.743. The van der Waals surface area contributed by atoms with Crippen molar-refractivity contribution in [1.29, 1.82) is 0 Å². The number of nitrogens with zero attached hydrogens (tertiary/aromatic N) is 3. The summed E-state index contributed by atoms with van der Waals surface area (Å²) in [4.78, 5) is 3.59. The first kappa shape index (κ1) is 9.05. The summed E-state index contributed by atoms with van der Waals surface area (Å²) in [5.74, 6) is 0.612. The third-order valence-corrected chi connectivity index (χ3v) is 3.18. The van der Waals surface area contributed by atoms with Gasteiger partial charge in [0.15, 0.2) is 0 Å². The van der Waals surface area contributed by atoms with Crippen LogP contribution in [-0.4, -0.2) is 33.6 Å². The van der Waals surface area contributed by atoms with Gasteiger partial charge in [0.05, 0.1) is 11.1 Å². The van der Waals surface area contributed by atoms with Crippen molar-refractivity contribution >= 4 is 11.5 Å². The minimum Gasteiger partial charge on any atom is -0.326 e. The van der Waals surface area contributed by atoms with E-state index < -0.39 is 0 Å². The van der Waals surface area contributed by atoms with E-state index in [2.05, 4.69) is 21.4 Å². The van der Waals surface area contributed by atoms with Crippen LogP contribution in [-0.2, 0) is 6.54 Å². The largest absolute Gasteiger partial charge is 0.326 e. The highest BCUT2D eigenvalue weighted by atomic mass is 32.1. The lowest BCUT2D eigenvalue weighted by atomic mass is 10.1. The number of nitrogens with two attached hydrogens (primary N) is 1. The molecule has 0 radical (unpaired) electrons. The minimum absolute atomic E-state index is 0.334. The molecular formula is C8H14N4S. The Hall–Kier alpha value is -0.520. The third-order valence-electron chi connectivity index (χ3n) is 2.53. The maximum Gasteiger partial charge on any atom is 0.0666 e. The first-order valence-corrected chi connectivity index (χ1v) is 5.27. The standard InChI is InChI=1S/C8H14N4S/c1-6-3-12(5-8(6)9)4-7-2-10-11-13-7/h2,6,8H,3-5,9H2,1H3. The molecule has 72 valence electrons. The van der Waals surface area contributed by atoms with E-state index in [0.717, 1.165) is 19.6 Å². The van der Waals surface area contributed by atoms with E-state index in [4.69, 9.17) is 5.73 Å². The Kier molecular flexibility index (Phi) is 2.57. The van der Waals surface area contributed by atoms with Crippen molar-refractivity contribution in [3.05, 3.63) is 11.1 Å². The van der Waals surface area contributed by atoms with Gasteiger partial charge in [-0.15, -0.1) is 5.10 Å². The molecule has 0 aromatic carbocycles. The second-order valence-corrected chi connectivity index (χ2v) is 4.59. The molecule has 1 saturated heterocycles. The van der Waals surface area contributed by atoms with Crippen molar-refractivity contribution in [2.45, 2.75) is 19.5 Å². The summed E-state index contributed by atoms with van der Waals surface area (Å²) in [5.41, 5.74) is 5.93. The summed E-state index contributed by atoms with van der Waals surface area (Å²) in [5, 5.41) is 3.81. The maximum atomic E-state index is 5.93. The van der Waals surface area contributed by atoms with E-state index in [-0.39, 0.29) is 0 Å². The average molecular weight is 198 g/mol. The van der Waals surface area contributed by atoms with Gasteiger partial charge in [-0.3, -0.25) is 4.90 Å². The lowest BCUT2D eigenvalue weighted by Gasteiger charge is -2.12. The van der Waals surface area contributed by atoms with Crippen LogP contribution in [0, 0.1) is 5.92 Å². The monoisotopic (exact) mass is 198 g/mol. The van der Waals surface area contributed by atoms with Crippen LogP contribution in [0.25, 0.3) is 0 Å². The van der Waals surface area contributed by atoms with Crippen molar-refractivity contribution in [2.75, 3.05) is 13.1 Å². The van der Waals surface area contributed by atoms with E-state index in [1.807, 2.05) is 6.20 Å². The van der Waals surface area contributed by atoms with E-state index in [1.165, 1.54) is 16.4 Å². The summed E-state index contributed by atoms with van der Waals surface area (Å²) in [6.07, 6.45) is 1.83. The Bertz CT molecular complexity index is 251. The van der Waals surface area contributed by atoms with Gasteiger partial charge in [0.1, 0.15) is 0 Å². The van der Waals surface area contributed by atoms with E-state index >= 15 is 0 Å². The fraction of sp³-hybridized carbons (Fsp3) is 0.750. The molecule has 0 aliphatic carbocycles. The second kappa shape index (κ2) is 3.69. The molecule has 0 bridgehead atoms. The van der Waals surface area contributed by atoms with Crippen LogP contribution in [0.15, 0.2) is 6.20 Å². The fourth-order valence-corrected chi connectivity index (χ4v) is 2.24. The predicted molar refractivity (Wildman–Crippen MR) is 52.3 cm³/mol. The Morgan fingerprint density at radius 3 is 3.08 bits per heavy atom. The van der Waals surface area contributed by atoms with E-state index in [9.17, 15) is 0 Å². The topological polar surface area (TPSA) is 55.0 Å². The molecule has 0 amide bonds. The van der Waals surface area contributed by atoms with Gasteiger partial charge in [0.25, 0.3) is 0 Å². The number of hydrogen-bond donors (Lipinski definition) is 1. The van der Waals surface area contributed by atoms with Gasteiger partial charge in [-0.2, -0.15) is 0 Å². The smallest absolute Gasteiger partial charge is 0.0666 e. The minimum atomic E-state index is 0.334. The zero-order chi connectivity index (χ0) is 9.26. The van der Waals surface area contributed by atoms with Crippen LogP contribution in [0.3, 0.4) is 0 Å². The van der Waals surface area contributed by atoms with Gasteiger partial charge in [0.2, 0.25) is 0 Å². The summed E-state index contributed by atoms with van der Waals surface area (Å²) in [7, 11) is 0. The van der Waals surface area contributed by atoms with Gasteiger partial charge < -0.3 is 5.73 Å². The molecule has 4 nitrogen and oxygen atoms in total. The molecule has 1 aromatic heterocycles. The van der Waals surface area contributed by atoms with Crippen LogP contribution in [0.4, 0.5) is 0 Å². The summed E-state index contributed by atoms with van der Waals surface area (Å²) < 4.78 is 3.84. The van der Waals surface area contributed by atoms with E-state index in [0.29, 0.717) is 12.0 Å². The van der Waals surface area contributed by atoms with Crippen LogP contribution < -0.4 is 5.73 Å². The molecule has 0 saturated carbocycles. The molecule has 1 aliphatic heterocycles. The van der Waals surface area contributed by atoms with Gasteiger partial charge in [0, 0.05) is 25.7 Å². The van der Waals surface area contributed by atoms with Crippen molar-refractivity contribution in [3.63, 3.8) is 0 Å². The Morgan fingerprint density at radius 2 is 2.54 bits per heavy atom. The van der Waals surface area contributed by atoms with Gasteiger partial charge in [-0.25, -0.2) is 0 Å². The van der Waals surface area contributed by atoms with Crippen molar-refractivity contribution in [2.24, 2.45) is 11.7 Å².